The zero-order valence-corrected chi connectivity index (χ0v) is 13.5. The van der Waals surface area contributed by atoms with Gasteiger partial charge in [0.25, 0.3) is 0 Å². The van der Waals surface area contributed by atoms with Crippen LogP contribution in [0.15, 0.2) is 48.5 Å². The van der Waals surface area contributed by atoms with Crippen molar-refractivity contribution in [3.8, 4) is 5.75 Å². The van der Waals surface area contributed by atoms with Crippen LogP contribution in [-0.2, 0) is 0 Å². The fourth-order valence-corrected chi connectivity index (χ4v) is 3.16. The van der Waals surface area contributed by atoms with Gasteiger partial charge in [0.2, 0.25) is 0 Å². The van der Waals surface area contributed by atoms with Crippen molar-refractivity contribution in [2.45, 2.75) is 18.9 Å². The van der Waals surface area contributed by atoms with Gasteiger partial charge in [-0.2, -0.15) is 0 Å². The van der Waals surface area contributed by atoms with E-state index in [0.29, 0.717) is 12.0 Å². The number of methoxy groups -OCH3 is 1. The van der Waals surface area contributed by atoms with Gasteiger partial charge in [-0.05, 0) is 67.1 Å². The van der Waals surface area contributed by atoms with Crippen LogP contribution < -0.4 is 10.1 Å². The first-order valence-corrected chi connectivity index (χ1v) is 8.10. The van der Waals surface area contributed by atoms with Gasteiger partial charge in [0, 0.05) is 11.1 Å². The van der Waals surface area contributed by atoms with E-state index in [4.69, 9.17) is 16.3 Å². The third-order valence-corrected chi connectivity index (χ3v) is 4.51. The topological polar surface area (TPSA) is 21.3 Å². The average Bonchev–Trinajstić information content (AvgIpc) is 2.56. The molecule has 2 aromatic carbocycles. The van der Waals surface area contributed by atoms with Crippen LogP contribution in [0.4, 0.5) is 0 Å². The monoisotopic (exact) mass is 314 g/mol. The first kappa shape index (κ1) is 15.4. The van der Waals surface area contributed by atoms with Crippen LogP contribution in [0.1, 0.15) is 30.0 Å². The molecule has 1 saturated heterocycles. The molecule has 1 N–H and O–H groups in total. The molecule has 0 aliphatic carbocycles. The second-order valence-electron chi connectivity index (χ2n) is 5.78. The molecular formula is C19H21ClNO. The van der Waals surface area contributed by atoms with Gasteiger partial charge in [-0.3, -0.25) is 0 Å². The van der Waals surface area contributed by atoms with E-state index < -0.39 is 0 Å². The predicted molar refractivity (Wildman–Crippen MR) is 91.3 cm³/mol. The number of piperidine rings is 1. The largest absolute Gasteiger partial charge is 0.497 e. The Morgan fingerprint density at radius 2 is 1.82 bits per heavy atom. The Hall–Kier alpha value is -1.51. The summed E-state index contributed by atoms with van der Waals surface area (Å²) in [7, 11) is 1.70. The van der Waals surface area contributed by atoms with E-state index in [2.05, 4.69) is 36.0 Å². The Bertz CT molecular complexity index is 594. The van der Waals surface area contributed by atoms with Gasteiger partial charge in [0.15, 0.2) is 0 Å². The van der Waals surface area contributed by atoms with Gasteiger partial charge >= 0.3 is 0 Å². The highest BCUT2D eigenvalue weighted by atomic mass is 35.5. The number of hydrogen-bond acceptors (Lipinski definition) is 2. The first-order valence-electron chi connectivity index (χ1n) is 7.72. The van der Waals surface area contributed by atoms with Crippen LogP contribution in [0.2, 0.25) is 5.02 Å². The number of halogens is 1. The Morgan fingerprint density at radius 1 is 1.09 bits per heavy atom. The summed E-state index contributed by atoms with van der Waals surface area (Å²) >= 11 is 5.97. The average molecular weight is 315 g/mol. The van der Waals surface area contributed by atoms with Crippen molar-refractivity contribution in [1.82, 2.24) is 5.32 Å². The standard InChI is InChI=1S/C19H21ClNO/c1-22-18-8-2-14(3-9-18)12-15-10-11-21-19(13-15)16-4-6-17(20)7-5-16/h2-9,12,15,19,21H,10-11,13H2,1H3. The molecule has 0 bridgehead atoms. The molecule has 2 nitrogen and oxygen atoms in total. The third-order valence-electron chi connectivity index (χ3n) is 4.26. The summed E-state index contributed by atoms with van der Waals surface area (Å²) in [6.45, 7) is 1.05. The molecule has 0 saturated carbocycles. The molecule has 1 aliphatic rings. The van der Waals surface area contributed by atoms with Crippen molar-refractivity contribution < 1.29 is 4.74 Å². The molecule has 2 aromatic rings. The zero-order chi connectivity index (χ0) is 15.4. The minimum atomic E-state index is 0.408. The van der Waals surface area contributed by atoms with E-state index >= 15 is 0 Å². The molecule has 2 unspecified atom stereocenters. The first-order chi connectivity index (χ1) is 10.7. The lowest BCUT2D eigenvalue weighted by Crippen LogP contribution is -2.32. The molecule has 0 amide bonds. The van der Waals surface area contributed by atoms with Crippen LogP contribution in [0.5, 0.6) is 5.75 Å². The number of benzene rings is 2. The maximum atomic E-state index is 5.97. The fourth-order valence-electron chi connectivity index (χ4n) is 3.03. The van der Waals surface area contributed by atoms with Crippen molar-refractivity contribution in [3.05, 3.63) is 71.1 Å². The fraction of sp³-hybridized carbons (Fsp3) is 0.316. The molecule has 1 heterocycles. The molecule has 0 aromatic heterocycles. The lowest BCUT2D eigenvalue weighted by Gasteiger charge is -2.30. The maximum absolute atomic E-state index is 5.97. The molecule has 2 atom stereocenters. The Balaban J connectivity index is 1.63. The summed E-state index contributed by atoms with van der Waals surface area (Å²) in [6, 6.07) is 16.9. The van der Waals surface area contributed by atoms with Crippen molar-refractivity contribution in [2.24, 2.45) is 5.92 Å². The summed E-state index contributed by atoms with van der Waals surface area (Å²) in [5, 5.41) is 4.40. The summed E-state index contributed by atoms with van der Waals surface area (Å²) in [5.74, 6) is 1.50. The van der Waals surface area contributed by atoms with Crippen molar-refractivity contribution in [1.29, 1.82) is 0 Å². The van der Waals surface area contributed by atoms with E-state index in [0.717, 1.165) is 23.7 Å². The Morgan fingerprint density at radius 3 is 2.50 bits per heavy atom. The molecule has 3 rings (SSSR count). The molecular weight excluding hydrogens is 294 g/mol. The van der Waals surface area contributed by atoms with E-state index in [1.165, 1.54) is 17.5 Å². The van der Waals surface area contributed by atoms with Gasteiger partial charge in [0.1, 0.15) is 5.75 Å². The second-order valence-corrected chi connectivity index (χ2v) is 6.22. The molecule has 1 fully saturated rings. The molecule has 3 heteroatoms. The predicted octanol–water partition coefficient (Wildman–Crippen LogP) is 4.64. The van der Waals surface area contributed by atoms with E-state index in [9.17, 15) is 0 Å². The summed E-state index contributed by atoms with van der Waals surface area (Å²) in [6.07, 6.45) is 4.67. The zero-order valence-electron chi connectivity index (χ0n) is 12.8. The quantitative estimate of drug-likeness (QED) is 0.887. The Kier molecular flexibility index (Phi) is 5.01. The lowest BCUT2D eigenvalue weighted by atomic mass is 9.85. The molecule has 0 spiro atoms. The second kappa shape index (κ2) is 7.17. The number of ether oxygens (including phenoxy) is 1. The minimum absolute atomic E-state index is 0.408. The SMILES string of the molecule is COc1ccc([CH]C2CCNC(c3ccc(Cl)cc3)C2)cc1. The van der Waals surface area contributed by atoms with Crippen LogP contribution in [0, 0.1) is 12.3 Å². The van der Waals surface area contributed by atoms with Crippen LogP contribution >= 0.6 is 11.6 Å². The molecule has 22 heavy (non-hydrogen) atoms. The summed E-state index contributed by atoms with van der Waals surface area (Å²) in [4.78, 5) is 0. The van der Waals surface area contributed by atoms with E-state index in [-0.39, 0.29) is 0 Å². The Labute approximate surface area is 137 Å². The van der Waals surface area contributed by atoms with Gasteiger partial charge in [-0.25, -0.2) is 0 Å². The third kappa shape index (κ3) is 3.82. The van der Waals surface area contributed by atoms with Crippen LogP contribution in [0.25, 0.3) is 0 Å². The lowest BCUT2D eigenvalue weighted by molar-refractivity contribution is 0.339. The summed E-state index contributed by atoms with van der Waals surface area (Å²) in [5.41, 5.74) is 2.58. The number of hydrogen-bond donors (Lipinski definition) is 1. The number of rotatable bonds is 4. The van der Waals surface area contributed by atoms with E-state index in [1.807, 2.05) is 24.3 Å². The van der Waals surface area contributed by atoms with Crippen molar-refractivity contribution in [2.75, 3.05) is 13.7 Å². The highest BCUT2D eigenvalue weighted by Crippen LogP contribution is 2.31. The van der Waals surface area contributed by atoms with Crippen molar-refractivity contribution >= 4 is 11.6 Å². The van der Waals surface area contributed by atoms with Crippen LogP contribution in [-0.4, -0.2) is 13.7 Å². The van der Waals surface area contributed by atoms with Crippen LogP contribution in [0.3, 0.4) is 0 Å². The minimum Gasteiger partial charge on any atom is -0.497 e. The highest BCUT2D eigenvalue weighted by Gasteiger charge is 2.23. The normalized spacial score (nSPS) is 21.5. The number of nitrogens with one attached hydrogen (secondary N) is 1. The highest BCUT2D eigenvalue weighted by molar-refractivity contribution is 6.30. The van der Waals surface area contributed by atoms with Crippen molar-refractivity contribution in [3.63, 3.8) is 0 Å². The molecule has 115 valence electrons. The maximum Gasteiger partial charge on any atom is 0.118 e. The summed E-state index contributed by atoms with van der Waals surface area (Å²) < 4.78 is 5.21. The van der Waals surface area contributed by atoms with Gasteiger partial charge in [-0.15, -0.1) is 0 Å². The van der Waals surface area contributed by atoms with Gasteiger partial charge in [-0.1, -0.05) is 35.9 Å². The molecule has 1 aliphatic heterocycles. The smallest absolute Gasteiger partial charge is 0.118 e. The molecule has 1 radical (unpaired) electrons. The van der Waals surface area contributed by atoms with Gasteiger partial charge < -0.3 is 10.1 Å². The van der Waals surface area contributed by atoms with E-state index in [1.54, 1.807) is 7.11 Å². The van der Waals surface area contributed by atoms with Gasteiger partial charge in [0.05, 0.1) is 7.11 Å².